The Balaban J connectivity index is 1.99. The SMILES string of the molecule is O=Cc1ccc(C(=O)OC2CCCC2)cc1. The zero-order valence-electron chi connectivity index (χ0n) is 9.02. The van der Waals surface area contributed by atoms with E-state index in [0.29, 0.717) is 11.1 Å². The van der Waals surface area contributed by atoms with Gasteiger partial charge in [0.15, 0.2) is 0 Å². The number of hydrogen-bond donors (Lipinski definition) is 0. The van der Waals surface area contributed by atoms with Crippen LogP contribution >= 0.6 is 0 Å². The van der Waals surface area contributed by atoms with Crippen molar-refractivity contribution in [1.29, 1.82) is 0 Å². The van der Waals surface area contributed by atoms with Gasteiger partial charge in [0.05, 0.1) is 5.56 Å². The van der Waals surface area contributed by atoms with Gasteiger partial charge in [-0.1, -0.05) is 12.1 Å². The zero-order valence-corrected chi connectivity index (χ0v) is 9.02. The summed E-state index contributed by atoms with van der Waals surface area (Å²) >= 11 is 0. The van der Waals surface area contributed by atoms with Crippen LogP contribution in [0, 0.1) is 0 Å². The molecule has 0 spiro atoms. The van der Waals surface area contributed by atoms with Crippen LogP contribution in [0.5, 0.6) is 0 Å². The van der Waals surface area contributed by atoms with Crippen LogP contribution in [-0.4, -0.2) is 18.4 Å². The Bertz CT molecular complexity index is 375. The van der Waals surface area contributed by atoms with Crippen LogP contribution in [0.3, 0.4) is 0 Å². The first kappa shape index (κ1) is 10.9. The van der Waals surface area contributed by atoms with E-state index in [-0.39, 0.29) is 12.1 Å². The molecule has 1 aromatic rings. The molecule has 84 valence electrons. The third-order valence-electron chi connectivity index (χ3n) is 2.86. The summed E-state index contributed by atoms with van der Waals surface area (Å²) in [6.07, 6.45) is 5.06. The van der Waals surface area contributed by atoms with Gasteiger partial charge in [-0.2, -0.15) is 0 Å². The summed E-state index contributed by atoms with van der Waals surface area (Å²) in [5.41, 5.74) is 1.08. The quantitative estimate of drug-likeness (QED) is 0.578. The van der Waals surface area contributed by atoms with Gasteiger partial charge in [0.25, 0.3) is 0 Å². The maximum absolute atomic E-state index is 11.7. The summed E-state index contributed by atoms with van der Waals surface area (Å²) in [5, 5.41) is 0. The van der Waals surface area contributed by atoms with E-state index in [9.17, 15) is 9.59 Å². The van der Waals surface area contributed by atoms with Crippen LogP contribution in [0.2, 0.25) is 0 Å². The highest BCUT2D eigenvalue weighted by molar-refractivity contribution is 5.90. The average molecular weight is 218 g/mol. The Labute approximate surface area is 94.4 Å². The molecule has 0 unspecified atom stereocenters. The van der Waals surface area contributed by atoms with Gasteiger partial charge in [-0.25, -0.2) is 4.79 Å². The fourth-order valence-electron chi connectivity index (χ4n) is 1.92. The number of ether oxygens (including phenoxy) is 1. The molecule has 0 heterocycles. The summed E-state index contributed by atoms with van der Waals surface area (Å²) < 4.78 is 5.34. The number of esters is 1. The van der Waals surface area contributed by atoms with Crippen molar-refractivity contribution in [3.8, 4) is 0 Å². The standard InChI is InChI=1S/C13H14O3/c14-9-10-5-7-11(8-6-10)13(15)16-12-3-1-2-4-12/h5-9,12H,1-4H2. The lowest BCUT2D eigenvalue weighted by molar-refractivity contribution is 0.0317. The van der Waals surface area contributed by atoms with E-state index in [0.717, 1.165) is 32.0 Å². The molecular formula is C13H14O3. The second-order valence-corrected chi connectivity index (χ2v) is 4.05. The second kappa shape index (κ2) is 4.92. The van der Waals surface area contributed by atoms with Crippen molar-refractivity contribution in [2.45, 2.75) is 31.8 Å². The molecule has 0 saturated heterocycles. The normalized spacial score (nSPS) is 16.0. The number of carbonyl (C=O) groups is 2. The van der Waals surface area contributed by atoms with Crippen molar-refractivity contribution in [2.24, 2.45) is 0 Å². The van der Waals surface area contributed by atoms with Crippen molar-refractivity contribution in [3.05, 3.63) is 35.4 Å². The van der Waals surface area contributed by atoms with Crippen LogP contribution in [0.25, 0.3) is 0 Å². The molecular weight excluding hydrogens is 204 g/mol. The molecule has 0 bridgehead atoms. The van der Waals surface area contributed by atoms with Gasteiger partial charge in [0.2, 0.25) is 0 Å². The van der Waals surface area contributed by atoms with E-state index in [1.807, 2.05) is 0 Å². The molecule has 3 heteroatoms. The fraction of sp³-hybridized carbons (Fsp3) is 0.385. The summed E-state index contributed by atoms with van der Waals surface area (Å²) in [7, 11) is 0. The lowest BCUT2D eigenvalue weighted by Gasteiger charge is -2.10. The lowest BCUT2D eigenvalue weighted by atomic mass is 10.1. The molecule has 1 fully saturated rings. The Morgan fingerprint density at radius 3 is 2.38 bits per heavy atom. The fourth-order valence-corrected chi connectivity index (χ4v) is 1.92. The van der Waals surface area contributed by atoms with Crippen LogP contribution in [0.15, 0.2) is 24.3 Å². The third kappa shape index (κ3) is 2.48. The molecule has 1 aromatic carbocycles. The molecule has 16 heavy (non-hydrogen) atoms. The van der Waals surface area contributed by atoms with Crippen LogP contribution in [0.1, 0.15) is 46.4 Å². The predicted octanol–water partition coefficient (Wildman–Crippen LogP) is 2.60. The van der Waals surface area contributed by atoms with Gasteiger partial charge < -0.3 is 4.74 Å². The molecule has 0 radical (unpaired) electrons. The van der Waals surface area contributed by atoms with E-state index in [4.69, 9.17) is 4.74 Å². The van der Waals surface area contributed by atoms with Gasteiger partial charge in [-0.3, -0.25) is 4.79 Å². The first-order valence-electron chi connectivity index (χ1n) is 5.56. The summed E-state index contributed by atoms with van der Waals surface area (Å²) in [6, 6.07) is 6.50. The van der Waals surface area contributed by atoms with Crippen LogP contribution in [-0.2, 0) is 4.74 Å². The van der Waals surface area contributed by atoms with Crippen molar-refractivity contribution in [2.75, 3.05) is 0 Å². The van der Waals surface area contributed by atoms with Crippen molar-refractivity contribution in [1.82, 2.24) is 0 Å². The maximum atomic E-state index is 11.7. The number of aldehydes is 1. The Morgan fingerprint density at radius 1 is 1.19 bits per heavy atom. The number of benzene rings is 1. The largest absolute Gasteiger partial charge is 0.459 e. The Hall–Kier alpha value is -1.64. The van der Waals surface area contributed by atoms with Gasteiger partial charge in [-0.05, 0) is 37.8 Å². The smallest absolute Gasteiger partial charge is 0.338 e. The summed E-state index contributed by atoms with van der Waals surface area (Å²) in [4.78, 5) is 22.1. The molecule has 0 amide bonds. The molecule has 3 nitrogen and oxygen atoms in total. The average Bonchev–Trinajstić information content (AvgIpc) is 2.82. The molecule has 1 aliphatic rings. The van der Waals surface area contributed by atoms with E-state index >= 15 is 0 Å². The molecule has 2 rings (SSSR count). The monoisotopic (exact) mass is 218 g/mol. The first-order chi connectivity index (χ1) is 7.79. The highest BCUT2D eigenvalue weighted by atomic mass is 16.5. The van der Waals surface area contributed by atoms with Crippen molar-refractivity contribution in [3.63, 3.8) is 0 Å². The summed E-state index contributed by atoms with van der Waals surface area (Å²) in [6.45, 7) is 0. The van der Waals surface area contributed by atoms with E-state index in [2.05, 4.69) is 0 Å². The van der Waals surface area contributed by atoms with E-state index in [1.165, 1.54) is 0 Å². The molecule has 1 aliphatic carbocycles. The minimum Gasteiger partial charge on any atom is -0.459 e. The summed E-state index contributed by atoms with van der Waals surface area (Å²) in [5.74, 6) is -0.288. The highest BCUT2D eigenvalue weighted by Gasteiger charge is 2.19. The minimum atomic E-state index is -0.288. The molecule has 1 saturated carbocycles. The lowest BCUT2D eigenvalue weighted by Crippen LogP contribution is -2.14. The number of carbonyl (C=O) groups excluding carboxylic acids is 2. The van der Waals surface area contributed by atoms with Gasteiger partial charge in [0.1, 0.15) is 12.4 Å². The minimum absolute atomic E-state index is 0.0817. The van der Waals surface area contributed by atoms with E-state index < -0.39 is 0 Å². The highest BCUT2D eigenvalue weighted by Crippen LogP contribution is 2.22. The van der Waals surface area contributed by atoms with Crippen molar-refractivity contribution < 1.29 is 14.3 Å². The molecule has 0 aromatic heterocycles. The van der Waals surface area contributed by atoms with Crippen LogP contribution in [0.4, 0.5) is 0 Å². The predicted molar refractivity (Wildman–Crippen MR) is 59.5 cm³/mol. The van der Waals surface area contributed by atoms with Gasteiger partial charge in [0, 0.05) is 5.56 Å². The molecule has 0 aliphatic heterocycles. The van der Waals surface area contributed by atoms with Crippen molar-refractivity contribution >= 4 is 12.3 Å². The van der Waals surface area contributed by atoms with Gasteiger partial charge >= 0.3 is 5.97 Å². The third-order valence-corrected chi connectivity index (χ3v) is 2.86. The number of rotatable bonds is 3. The topological polar surface area (TPSA) is 43.4 Å². The zero-order chi connectivity index (χ0) is 11.4. The second-order valence-electron chi connectivity index (χ2n) is 4.05. The molecule has 0 atom stereocenters. The molecule has 0 N–H and O–H groups in total. The van der Waals surface area contributed by atoms with E-state index in [1.54, 1.807) is 24.3 Å². The van der Waals surface area contributed by atoms with Crippen LogP contribution < -0.4 is 0 Å². The maximum Gasteiger partial charge on any atom is 0.338 e. The Morgan fingerprint density at radius 2 is 1.81 bits per heavy atom. The first-order valence-corrected chi connectivity index (χ1v) is 5.56. The number of hydrogen-bond acceptors (Lipinski definition) is 3. The Kier molecular flexibility index (Phi) is 3.34. The van der Waals surface area contributed by atoms with Gasteiger partial charge in [-0.15, -0.1) is 0 Å².